The number of nitrogens with one attached hydrogen (secondary N) is 1. The van der Waals surface area contributed by atoms with E-state index in [0.717, 1.165) is 33.7 Å². The molecule has 2 heterocycles. The quantitative estimate of drug-likeness (QED) is 0.562. The number of carbonyl (C=O) groups is 2. The first-order valence-corrected chi connectivity index (χ1v) is 11.6. The third kappa shape index (κ3) is 4.54. The van der Waals surface area contributed by atoms with Crippen LogP contribution in [0.4, 0.5) is 11.4 Å². The number of hydrogen-bond donors (Lipinski definition) is 1. The van der Waals surface area contributed by atoms with Gasteiger partial charge in [0.2, 0.25) is 29.1 Å². The Labute approximate surface area is 196 Å². The Morgan fingerprint density at radius 3 is 2.48 bits per heavy atom. The molecule has 0 bridgehead atoms. The molecule has 33 heavy (non-hydrogen) atoms. The maximum Gasteiger partial charge on any atom is 0.247 e. The molecule has 8 nitrogen and oxygen atoms in total. The predicted molar refractivity (Wildman–Crippen MR) is 128 cm³/mol. The standard InChI is InChI=1S/C24H25N5O3S/c1-6-33-24-26-22-20(27-28-24)19-12-13(2)11-14(3)21(19)29(16(5)31)23(32-22)17-7-9-18(10-8-17)25-15(4)30/h7-12,23H,6H2,1-5H3,(H,25,30)/t23-/m1/s1. The molecule has 170 valence electrons. The van der Waals surface area contributed by atoms with E-state index in [9.17, 15) is 9.59 Å². The number of rotatable bonds is 4. The fraction of sp³-hybridized carbons (Fsp3) is 0.292. The number of hydrogen-bond acceptors (Lipinski definition) is 7. The first-order chi connectivity index (χ1) is 15.8. The zero-order valence-corrected chi connectivity index (χ0v) is 20.0. The van der Waals surface area contributed by atoms with Gasteiger partial charge >= 0.3 is 0 Å². The van der Waals surface area contributed by atoms with Crippen LogP contribution in [0.5, 0.6) is 5.88 Å². The summed E-state index contributed by atoms with van der Waals surface area (Å²) in [6.45, 7) is 8.94. The largest absolute Gasteiger partial charge is 0.447 e. The third-order valence-corrected chi connectivity index (χ3v) is 5.88. The van der Waals surface area contributed by atoms with Crippen molar-refractivity contribution in [3.8, 4) is 17.1 Å². The number of fused-ring (bicyclic) bond motifs is 3. The maximum absolute atomic E-state index is 13.0. The van der Waals surface area contributed by atoms with E-state index in [-0.39, 0.29) is 11.8 Å². The number of thioether (sulfide) groups is 1. The summed E-state index contributed by atoms with van der Waals surface area (Å²) in [7, 11) is 0. The molecule has 0 unspecified atom stereocenters. The van der Waals surface area contributed by atoms with Gasteiger partial charge in [0, 0.05) is 30.7 Å². The minimum atomic E-state index is -0.772. The molecule has 1 atom stereocenters. The average Bonchev–Trinajstić information content (AvgIpc) is 2.89. The summed E-state index contributed by atoms with van der Waals surface area (Å²) in [4.78, 5) is 30.6. The van der Waals surface area contributed by atoms with Crippen LogP contribution >= 0.6 is 11.8 Å². The summed E-state index contributed by atoms with van der Waals surface area (Å²) in [5.74, 6) is 0.787. The Bertz CT molecular complexity index is 1230. The SMILES string of the molecule is CCSc1nnc2c(n1)O[C@H](c1ccc(NC(C)=O)cc1)N(C(C)=O)c1c(C)cc(C)cc1-2. The maximum atomic E-state index is 13.0. The molecule has 1 aromatic heterocycles. The van der Waals surface area contributed by atoms with Gasteiger partial charge < -0.3 is 10.1 Å². The minimum Gasteiger partial charge on any atom is -0.447 e. The number of ether oxygens (including phenoxy) is 1. The molecule has 0 radical (unpaired) electrons. The normalized spacial score (nSPS) is 14.6. The van der Waals surface area contributed by atoms with Crippen LogP contribution in [-0.2, 0) is 9.59 Å². The van der Waals surface area contributed by atoms with Crippen LogP contribution in [-0.4, -0.2) is 32.7 Å². The highest BCUT2D eigenvalue weighted by atomic mass is 32.2. The molecule has 4 rings (SSSR count). The Kier molecular flexibility index (Phi) is 6.33. The van der Waals surface area contributed by atoms with Crippen molar-refractivity contribution >= 4 is 35.0 Å². The highest BCUT2D eigenvalue weighted by Crippen LogP contribution is 2.45. The summed E-state index contributed by atoms with van der Waals surface area (Å²) in [6.07, 6.45) is -0.772. The molecule has 2 aromatic carbocycles. The van der Waals surface area contributed by atoms with Crippen molar-refractivity contribution in [1.29, 1.82) is 0 Å². The second-order valence-electron chi connectivity index (χ2n) is 7.82. The predicted octanol–water partition coefficient (Wildman–Crippen LogP) is 4.67. The van der Waals surface area contributed by atoms with Crippen LogP contribution in [0.25, 0.3) is 11.3 Å². The lowest BCUT2D eigenvalue weighted by Gasteiger charge is -2.31. The Balaban J connectivity index is 1.92. The van der Waals surface area contributed by atoms with E-state index in [1.54, 1.807) is 17.0 Å². The number of nitrogens with zero attached hydrogens (tertiary/aromatic N) is 4. The van der Waals surface area contributed by atoms with E-state index in [0.29, 0.717) is 22.4 Å². The smallest absolute Gasteiger partial charge is 0.247 e. The summed E-state index contributed by atoms with van der Waals surface area (Å²) in [6, 6.07) is 11.2. The number of aromatic nitrogens is 3. The minimum absolute atomic E-state index is 0.156. The molecule has 0 fully saturated rings. The van der Waals surface area contributed by atoms with E-state index >= 15 is 0 Å². The van der Waals surface area contributed by atoms with Crippen molar-refractivity contribution in [2.24, 2.45) is 0 Å². The van der Waals surface area contributed by atoms with E-state index in [2.05, 4.69) is 20.5 Å². The van der Waals surface area contributed by atoms with Crippen LogP contribution in [0.3, 0.4) is 0 Å². The van der Waals surface area contributed by atoms with Crippen LogP contribution in [0, 0.1) is 13.8 Å². The molecule has 1 aliphatic heterocycles. The van der Waals surface area contributed by atoms with Gasteiger partial charge in [-0.05, 0) is 43.4 Å². The van der Waals surface area contributed by atoms with Crippen molar-refractivity contribution < 1.29 is 14.3 Å². The highest BCUT2D eigenvalue weighted by molar-refractivity contribution is 7.99. The fourth-order valence-corrected chi connectivity index (χ4v) is 4.45. The third-order valence-electron chi connectivity index (χ3n) is 5.16. The Hall–Kier alpha value is -3.46. The molecule has 3 aromatic rings. The average molecular weight is 464 g/mol. The molecule has 1 aliphatic rings. The summed E-state index contributed by atoms with van der Waals surface area (Å²) >= 11 is 1.47. The van der Waals surface area contributed by atoms with Gasteiger partial charge in [0.05, 0.1) is 5.69 Å². The van der Waals surface area contributed by atoms with Gasteiger partial charge in [-0.3, -0.25) is 14.5 Å². The van der Waals surface area contributed by atoms with Gasteiger partial charge in [-0.2, -0.15) is 4.98 Å². The summed E-state index contributed by atoms with van der Waals surface area (Å²) in [5, 5.41) is 12.0. The molecule has 1 N–H and O–H groups in total. The van der Waals surface area contributed by atoms with Gasteiger partial charge in [-0.15, -0.1) is 10.2 Å². The molecular weight excluding hydrogens is 438 g/mol. The number of anilines is 2. The monoisotopic (exact) mass is 463 g/mol. The number of benzene rings is 2. The van der Waals surface area contributed by atoms with Crippen molar-refractivity contribution in [3.63, 3.8) is 0 Å². The van der Waals surface area contributed by atoms with E-state index < -0.39 is 6.23 Å². The molecule has 9 heteroatoms. The Morgan fingerprint density at radius 2 is 1.85 bits per heavy atom. The second-order valence-corrected chi connectivity index (χ2v) is 9.05. The topological polar surface area (TPSA) is 97.3 Å². The first-order valence-electron chi connectivity index (χ1n) is 10.6. The van der Waals surface area contributed by atoms with E-state index in [1.165, 1.54) is 25.6 Å². The molecule has 0 saturated heterocycles. The fourth-order valence-electron chi connectivity index (χ4n) is 3.95. The lowest BCUT2D eigenvalue weighted by atomic mass is 10.00. The molecule has 0 saturated carbocycles. The zero-order valence-electron chi connectivity index (χ0n) is 19.2. The molecular formula is C24H25N5O3S. The van der Waals surface area contributed by atoms with Crippen LogP contribution in [0.15, 0.2) is 41.6 Å². The zero-order chi connectivity index (χ0) is 23.7. The van der Waals surface area contributed by atoms with Gasteiger partial charge in [0.25, 0.3) is 0 Å². The highest BCUT2D eigenvalue weighted by Gasteiger charge is 2.35. The van der Waals surface area contributed by atoms with Crippen LogP contribution < -0.4 is 15.0 Å². The molecule has 0 aliphatic carbocycles. The van der Waals surface area contributed by atoms with E-state index in [4.69, 9.17) is 4.74 Å². The number of amides is 2. The first kappa shape index (κ1) is 22.7. The van der Waals surface area contributed by atoms with Crippen molar-refractivity contribution in [3.05, 3.63) is 53.1 Å². The van der Waals surface area contributed by atoms with E-state index in [1.807, 2.05) is 45.0 Å². The van der Waals surface area contributed by atoms with Crippen molar-refractivity contribution in [2.75, 3.05) is 16.0 Å². The van der Waals surface area contributed by atoms with Gasteiger partial charge in [-0.25, -0.2) is 0 Å². The van der Waals surface area contributed by atoms with Crippen molar-refractivity contribution in [2.45, 2.75) is 46.0 Å². The molecule has 2 amide bonds. The van der Waals surface area contributed by atoms with Gasteiger partial charge in [0.1, 0.15) is 0 Å². The van der Waals surface area contributed by atoms with Crippen LogP contribution in [0.1, 0.15) is 43.7 Å². The Morgan fingerprint density at radius 1 is 1.12 bits per heavy atom. The molecule has 0 spiro atoms. The van der Waals surface area contributed by atoms with Crippen LogP contribution in [0.2, 0.25) is 0 Å². The van der Waals surface area contributed by atoms with Gasteiger partial charge in [0.15, 0.2) is 5.69 Å². The number of carbonyl (C=O) groups excluding carboxylic acids is 2. The summed E-state index contributed by atoms with van der Waals surface area (Å²) in [5.41, 5.74) is 5.32. The van der Waals surface area contributed by atoms with Gasteiger partial charge in [-0.1, -0.05) is 42.4 Å². The summed E-state index contributed by atoms with van der Waals surface area (Å²) < 4.78 is 6.39. The lowest BCUT2D eigenvalue weighted by Crippen LogP contribution is -2.36. The number of aryl methyl sites for hydroxylation is 2. The van der Waals surface area contributed by atoms with Crippen molar-refractivity contribution in [1.82, 2.24) is 15.2 Å². The second kappa shape index (κ2) is 9.19. The lowest BCUT2D eigenvalue weighted by molar-refractivity contribution is -0.118.